The number of nitrogens with zero attached hydrogens (tertiary/aromatic N) is 2. The molecule has 8 heteroatoms. The molecule has 1 aromatic heterocycles. The Morgan fingerprint density at radius 3 is 2.64 bits per heavy atom. The Kier molecular flexibility index (Phi) is 5.49. The Morgan fingerprint density at radius 2 is 1.84 bits per heavy atom. The first-order valence-corrected chi connectivity index (χ1v) is 8.48. The third-order valence-corrected chi connectivity index (χ3v) is 4.30. The van der Waals surface area contributed by atoms with E-state index in [0.717, 1.165) is 0 Å². The van der Waals surface area contributed by atoms with Crippen LogP contribution in [0, 0.1) is 0 Å². The van der Waals surface area contributed by atoms with E-state index in [0.29, 0.717) is 31.7 Å². The highest BCUT2D eigenvalue weighted by atomic mass is 35.5. The molecule has 130 valence electrons. The first-order valence-electron chi connectivity index (χ1n) is 7.34. The number of halogens is 3. The van der Waals surface area contributed by atoms with Crippen molar-refractivity contribution in [1.29, 1.82) is 0 Å². The highest BCUT2D eigenvalue weighted by molar-refractivity contribution is 6.34. The monoisotopic (exact) mass is 398 g/mol. The largest absolute Gasteiger partial charge is 0.489 e. The highest BCUT2D eigenvalue weighted by Gasteiger charge is 2.12. The summed E-state index contributed by atoms with van der Waals surface area (Å²) in [5.74, 6) is 0.365. The van der Waals surface area contributed by atoms with Gasteiger partial charge in [-0.2, -0.15) is 0 Å². The molecule has 0 amide bonds. The Bertz CT molecular complexity index is 975. The van der Waals surface area contributed by atoms with Crippen molar-refractivity contribution in [3.63, 3.8) is 0 Å². The average molecular weight is 400 g/mol. The van der Waals surface area contributed by atoms with E-state index >= 15 is 0 Å². The molecular formula is C17H13Cl3N2O3. The van der Waals surface area contributed by atoms with Crippen LogP contribution in [0.4, 0.5) is 0 Å². The second-order valence-corrected chi connectivity index (χ2v) is 6.68. The van der Waals surface area contributed by atoms with Crippen molar-refractivity contribution >= 4 is 45.7 Å². The summed E-state index contributed by atoms with van der Waals surface area (Å²) in [5, 5.41) is 11.9. The summed E-state index contributed by atoms with van der Waals surface area (Å²) in [6.07, 6.45) is 0.444. The molecule has 0 bridgehead atoms. The highest BCUT2D eigenvalue weighted by Crippen LogP contribution is 2.27. The van der Waals surface area contributed by atoms with Crippen molar-refractivity contribution in [3.8, 4) is 5.75 Å². The lowest BCUT2D eigenvalue weighted by Gasteiger charge is -2.15. The minimum Gasteiger partial charge on any atom is -0.489 e. The van der Waals surface area contributed by atoms with E-state index in [4.69, 9.17) is 39.5 Å². The number of aromatic nitrogens is 2. The Morgan fingerprint density at radius 1 is 1.12 bits per heavy atom. The number of benzene rings is 2. The Labute approximate surface area is 158 Å². The smallest absolute Gasteiger partial charge is 0.261 e. The lowest BCUT2D eigenvalue weighted by Crippen LogP contribution is -2.30. The zero-order chi connectivity index (χ0) is 18.0. The van der Waals surface area contributed by atoms with Crippen LogP contribution in [0.5, 0.6) is 5.75 Å². The number of aliphatic hydroxyl groups excluding tert-OH is 1. The second-order valence-electron chi connectivity index (χ2n) is 5.40. The standard InChI is InChI=1S/C17H13Cl3N2O3/c18-10-2-4-15-13(5-10)17(24)22(9-21-15)7-12(23)8-25-16-6-11(19)1-3-14(16)20/h1-6,9,12,23H,7-8H2. The number of fused-ring (bicyclic) bond motifs is 1. The molecule has 0 fully saturated rings. The number of hydrogen-bond donors (Lipinski definition) is 1. The molecule has 1 N–H and O–H groups in total. The van der Waals surface area contributed by atoms with Gasteiger partial charge in [-0.25, -0.2) is 4.98 Å². The van der Waals surface area contributed by atoms with Crippen LogP contribution in [0.3, 0.4) is 0 Å². The van der Waals surface area contributed by atoms with E-state index < -0.39 is 6.10 Å². The van der Waals surface area contributed by atoms with Gasteiger partial charge in [0.1, 0.15) is 18.5 Å². The Hall–Kier alpha value is -1.79. The van der Waals surface area contributed by atoms with Gasteiger partial charge in [-0.05, 0) is 30.3 Å². The summed E-state index contributed by atoms with van der Waals surface area (Å²) < 4.78 is 6.79. The Balaban J connectivity index is 1.73. The molecule has 3 aromatic rings. The summed E-state index contributed by atoms with van der Waals surface area (Å²) in [7, 11) is 0. The maximum Gasteiger partial charge on any atom is 0.261 e. The van der Waals surface area contributed by atoms with Crippen LogP contribution in [0.2, 0.25) is 15.1 Å². The molecule has 1 atom stereocenters. The van der Waals surface area contributed by atoms with Gasteiger partial charge in [0.15, 0.2) is 0 Å². The minimum atomic E-state index is -0.939. The predicted molar refractivity (Wildman–Crippen MR) is 99.0 cm³/mol. The molecule has 0 aliphatic heterocycles. The van der Waals surface area contributed by atoms with Gasteiger partial charge in [0.2, 0.25) is 0 Å². The number of ether oxygens (including phenoxy) is 1. The molecule has 2 aromatic carbocycles. The van der Waals surface area contributed by atoms with E-state index in [-0.39, 0.29) is 18.7 Å². The van der Waals surface area contributed by atoms with Gasteiger partial charge in [-0.1, -0.05) is 34.8 Å². The van der Waals surface area contributed by atoms with Crippen LogP contribution < -0.4 is 10.3 Å². The molecule has 5 nitrogen and oxygen atoms in total. The summed E-state index contributed by atoms with van der Waals surface area (Å²) in [6, 6.07) is 9.69. The van der Waals surface area contributed by atoms with Crippen LogP contribution in [-0.4, -0.2) is 27.4 Å². The van der Waals surface area contributed by atoms with E-state index in [2.05, 4.69) is 4.98 Å². The van der Waals surface area contributed by atoms with Crippen molar-refractivity contribution < 1.29 is 9.84 Å². The van der Waals surface area contributed by atoms with Gasteiger partial charge < -0.3 is 9.84 Å². The van der Waals surface area contributed by atoms with Crippen LogP contribution >= 0.6 is 34.8 Å². The normalized spacial score (nSPS) is 12.3. The zero-order valence-electron chi connectivity index (χ0n) is 12.8. The van der Waals surface area contributed by atoms with Gasteiger partial charge in [-0.3, -0.25) is 9.36 Å². The van der Waals surface area contributed by atoms with Gasteiger partial charge in [0, 0.05) is 16.1 Å². The fourth-order valence-electron chi connectivity index (χ4n) is 2.31. The fourth-order valence-corrected chi connectivity index (χ4v) is 2.82. The van der Waals surface area contributed by atoms with Crippen molar-refractivity contribution in [3.05, 3.63) is 68.1 Å². The predicted octanol–water partition coefficient (Wildman–Crippen LogP) is 3.80. The van der Waals surface area contributed by atoms with Crippen molar-refractivity contribution in [2.24, 2.45) is 0 Å². The molecular weight excluding hydrogens is 387 g/mol. The number of aliphatic hydroxyl groups is 1. The van der Waals surface area contributed by atoms with E-state index in [9.17, 15) is 9.90 Å². The third-order valence-electron chi connectivity index (χ3n) is 3.52. The summed E-state index contributed by atoms with van der Waals surface area (Å²) >= 11 is 17.8. The van der Waals surface area contributed by atoms with Crippen molar-refractivity contribution in [2.45, 2.75) is 12.6 Å². The van der Waals surface area contributed by atoms with Crippen LogP contribution in [-0.2, 0) is 6.54 Å². The van der Waals surface area contributed by atoms with Crippen LogP contribution in [0.15, 0.2) is 47.5 Å². The molecule has 1 unspecified atom stereocenters. The molecule has 0 radical (unpaired) electrons. The molecule has 0 spiro atoms. The average Bonchev–Trinajstić information content (AvgIpc) is 2.58. The maximum absolute atomic E-state index is 12.5. The zero-order valence-corrected chi connectivity index (χ0v) is 15.1. The molecule has 0 saturated heterocycles. The minimum absolute atomic E-state index is 0.0203. The maximum atomic E-state index is 12.5. The summed E-state index contributed by atoms with van der Waals surface area (Å²) in [6.45, 7) is -0.0352. The first-order chi connectivity index (χ1) is 11.9. The molecule has 0 aliphatic rings. The molecule has 3 rings (SSSR count). The van der Waals surface area contributed by atoms with Gasteiger partial charge in [0.25, 0.3) is 5.56 Å². The lowest BCUT2D eigenvalue weighted by molar-refractivity contribution is 0.0915. The summed E-state index contributed by atoms with van der Waals surface area (Å²) in [4.78, 5) is 16.7. The lowest BCUT2D eigenvalue weighted by atomic mass is 10.2. The van der Waals surface area contributed by atoms with Crippen molar-refractivity contribution in [2.75, 3.05) is 6.61 Å². The van der Waals surface area contributed by atoms with E-state index in [1.54, 1.807) is 36.4 Å². The van der Waals surface area contributed by atoms with Crippen molar-refractivity contribution in [1.82, 2.24) is 9.55 Å². The van der Waals surface area contributed by atoms with Gasteiger partial charge in [-0.15, -0.1) is 0 Å². The van der Waals surface area contributed by atoms with Crippen LogP contribution in [0.1, 0.15) is 0 Å². The second kappa shape index (κ2) is 7.62. The summed E-state index contributed by atoms with van der Waals surface area (Å²) in [5.41, 5.74) is 0.259. The quantitative estimate of drug-likeness (QED) is 0.709. The fraction of sp³-hybridized carbons (Fsp3) is 0.176. The third kappa shape index (κ3) is 4.25. The van der Waals surface area contributed by atoms with Crippen LogP contribution in [0.25, 0.3) is 10.9 Å². The topological polar surface area (TPSA) is 64.4 Å². The van der Waals surface area contributed by atoms with Gasteiger partial charge >= 0.3 is 0 Å². The first kappa shape index (κ1) is 18.0. The number of rotatable bonds is 5. The number of hydrogen-bond acceptors (Lipinski definition) is 4. The molecule has 0 aliphatic carbocycles. The molecule has 1 heterocycles. The van der Waals surface area contributed by atoms with Gasteiger partial charge in [0.05, 0.1) is 28.8 Å². The SMILES string of the molecule is O=c1c2cc(Cl)ccc2ncn1CC(O)COc1cc(Cl)ccc1Cl. The molecule has 25 heavy (non-hydrogen) atoms. The van der Waals surface area contributed by atoms with E-state index in [1.807, 2.05) is 0 Å². The molecule has 0 saturated carbocycles. The van der Waals surface area contributed by atoms with E-state index in [1.165, 1.54) is 10.9 Å².